The van der Waals surface area contributed by atoms with E-state index in [2.05, 4.69) is 9.97 Å². The Kier molecular flexibility index (Phi) is 4.25. The summed E-state index contributed by atoms with van der Waals surface area (Å²) in [5.74, 6) is 0.576. The van der Waals surface area contributed by atoms with Crippen LogP contribution in [0.3, 0.4) is 0 Å². The lowest BCUT2D eigenvalue weighted by atomic mass is 10.3. The van der Waals surface area contributed by atoms with Crippen LogP contribution in [0.2, 0.25) is 5.15 Å². The minimum Gasteiger partial charge on any atom is -0.378 e. The summed E-state index contributed by atoms with van der Waals surface area (Å²) < 4.78 is 10.1. The fraction of sp³-hybridized carbons (Fsp3) is 0.556. The van der Waals surface area contributed by atoms with E-state index >= 15 is 0 Å². The third-order valence-corrected chi connectivity index (χ3v) is 1.97. The van der Waals surface area contributed by atoms with Crippen LogP contribution in [0.5, 0.6) is 0 Å². The molecule has 14 heavy (non-hydrogen) atoms. The van der Waals surface area contributed by atoms with E-state index < -0.39 is 0 Å². The van der Waals surface area contributed by atoms with Crippen molar-refractivity contribution in [1.82, 2.24) is 9.97 Å². The summed E-state index contributed by atoms with van der Waals surface area (Å²) in [5, 5.41) is 0.408. The molecular weight excluding hydrogens is 204 g/mol. The molecule has 0 saturated heterocycles. The molecule has 0 aliphatic heterocycles. The maximum absolute atomic E-state index is 5.82. The second kappa shape index (κ2) is 5.24. The molecular formula is C9H13ClN2O2. The molecule has 1 rings (SSSR count). The summed E-state index contributed by atoms with van der Waals surface area (Å²) >= 11 is 5.82. The van der Waals surface area contributed by atoms with E-state index in [0.717, 1.165) is 5.69 Å². The summed E-state index contributed by atoms with van der Waals surface area (Å²) in [6.45, 7) is 2.29. The number of ether oxygens (including phenoxy) is 2. The molecule has 4 nitrogen and oxygen atoms in total. The van der Waals surface area contributed by atoms with Crippen molar-refractivity contribution >= 4 is 11.6 Å². The van der Waals surface area contributed by atoms with Crippen LogP contribution < -0.4 is 0 Å². The number of halogens is 1. The van der Waals surface area contributed by atoms with E-state index in [1.54, 1.807) is 20.3 Å². The number of aromatic nitrogens is 2. The van der Waals surface area contributed by atoms with Gasteiger partial charge in [-0.15, -0.1) is 0 Å². The Hall–Kier alpha value is -0.710. The number of methoxy groups -OCH3 is 2. The van der Waals surface area contributed by atoms with Crippen LogP contribution in [0.1, 0.15) is 24.5 Å². The first-order valence-corrected chi connectivity index (χ1v) is 4.60. The smallest absolute Gasteiger partial charge is 0.158 e. The predicted octanol–water partition coefficient (Wildman–Crippen LogP) is 1.98. The third kappa shape index (κ3) is 2.90. The highest BCUT2D eigenvalue weighted by atomic mass is 35.5. The Morgan fingerprint density at radius 3 is 2.71 bits per heavy atom. The van der Waals surface area contributed by atoms with Crippen molar-refractivity contribution in [2.75, 3.05) is 14.2 Å². The van der Waals surface area contributed by atoms with Crippen molar-refractivity contribution < 1.29 is 9.47 Å². The predicted molar refractivity (Wildman–Crippen MR) is 53.2 cm³/mol. The lowest BCUT2D eigenvalue weighted by Gasteiger charge is -2.09. The molecule has 0 aliphatic carbocycles. The SMILES string of the molecule is COCc1cc(Cl)nc(C(C)OC)n1. The third-order valence-electron chi connectivity index (χ3n) is 1.77. The van der Waals surface area contributed by atoms with Gasteiger partial charge >= 0.3 is 0 Å². The average Bonchev–Trinajstić information content (AvgIpc) is 2.16. The van der Waals surface area contributed by atoms with E-state index in [1.165, 1.54) is 0 Å². The van der Waals surface area contributed by atoms with Gasteiger partial charge in [-0.05, 0) is 13.0 Å². The summed E-state index contributed by atoms with van der Waals surface area (Å²) in [5.41, 5.74) is 0.756. The van der Waals surface area contributed by atoms with E-state index in [-0.39, 0.29) is 6.10 Å². The fourth-order valence-corrected chi connectivity index (χ4v) is 1.21. The standard InChI is InChI=1S/C9H13ClN2O2/c1-6(14-3)9-11-7(5-13-2)4-8(10)12-9/h4,6H,5H2,1-3H3. The van der Waals surface area contributed by atoms with Gasteiger partial charge in [0, 0.05) is 14.2 Å². The molecule has 0 N–H and O–H groups in total. The average molecular weight is 217 g/mol. The second-order valence-corrected chi connectivity index (χ2v) is 3.24. The molecule has 0 aromatic carbocycles. The zero-order valence-electron chi connectivity index (χ0n) is 8.45. The lowest BCUT2D eigenvalue weighted by molar-refractivity contribution is 0.111. The maximum atomic E-state index is 5.82. The maximum Gasteiger partial charge on any atom is 0.158 e. The highest BCUT2D eigenvalue weighted by Crippen LogP contribution is 2.15. The molecule has 0 radical (unpaired) electrons. The molecule has 0 aliphatic rings. The normalized spacial score (nSPS) is 12.9. The molecule has 0 spiro atoms. The Morgan fingerprint density at radius 1 is 1.43 bits per heavy atom. The number of rotatable bonds is 4. The minimum atomic E-state index is -0.163. The monoisotopic (exact) mass is 216 g/mol. The molecule has 0 saturated carbocycles. The number of hydrogen-bond donors (Lipinski definition) is 0. The summed E-state index contributed by atoms with van der Waals surface area (Å²) in [6.07, 6.45) is -0.163. The zero-order valence-corrected chi connectivity index (χ0v) is 9.21. The van der Waals surface area contributed by atoms with Crippen LogP contribution in [-0.4, -0.2) is 24.2 Å². The van der Waals surface area contributed by atoms with E-state index in [9.17, 15) is 0 Å². The first-order valence-electron chi connectivity index (χ1n) is 4.22. The molecule has 0 fully saturated rings. The summed E-state index contributed by atoms with van der Waals surface area (Å²) in [7, 11) is 3.21. The lowest BCUT2D eigenvalue weighted by Crippen LogP contribution is -2.06. The van der Waals surface area contributed by atoms with Crippen LogP contribution in [0.15, 0.2) is 6.07 Å². The molecule has 1 heterocycles. The molecule has 0 bridgehead atoms. The largest absolute Gasteiger partial charge is 0.378 e. The van der Waals surface area contributed by atoms with Crippen molar-refractivity contribution in [1.29, 1.82) is 0 Å². The molecule has 0 amide bonds. The Balaban J connectivity index is 2.94. The summed E-state index contributed by atoms with van der Waals surface area (Å²) in [6, 6.07) is 1.68. The van der Waals surface area contributed by atoms with Crippen molar-refractivity contribution in [3.8, 4) is 0 Å². The Morgan fingerprint density at radius 2 is 2.14 bits per heavy atom. The quantitative estimate of drug-likeness (QED) is 0.722. The van der Waals surface area contributed by atoms with E-state index in [4.69, 9.17) is 21.1 Å². The van der Waals surface area contributed by atoms with Gasteiger partial charge in [0.2, 0.25) is 0 Å². The molecule has 1 aromatic heterocycles. The molecule has 1 unspecified atom stereocenters. The van der Waals surface area contributed by atoms with Gasteiger partial charge in [0.15, 0.2) is 5.82 Å². The topological polar surface area (TPSA) is 44.2 Å². The van der Waals surface area contributed by atoms with Crippen LogP contribution in [0.25, 0.3) is 0 Å². The van der Waals surface area contributed by atoms with Crippen molar-refractivity contribution in [2.24, 2.45) is 0 Å². The zero-order chi connectivity index (χ0) is 10.6. The van der Waals surface area contributed by atoms with Gasteiger partial charge < -0.3 is 9.47 Å². The highest BCUT2D eigenvalue weighted by Gasteiger charge is 2.09. The first-order chi connectivity index (χ1) is 6.67. The molecule has 5 heteroatoms. The van der Waals surface area contributed by atoms with E-state index in [0.29, 0.717) is 17.6 Å². The fourth-order valence-electron chi connectivity index (χ4n) is 0.993. The van der Waals surface area contributed by atoms with Gasteiger partial charge in [-0.2, -0.15) is 0 Å². The van der Waals surface area contributed by atoms with Crippen molar-refractivity contribution in [3.05, 3.63) is 22.7 Å². The van der Waals surface area contributed by atoms with Crippen LogP contribution in [-0.2, 0) is 16.1 Å². The van der Waals surface area contributed by atoms with Crippen LogP contribution in [0.4, 0.5) is 0 Å². The van der Waals surface area contributed by atoms with Gasteiger partial charge in [0.25, 0.3) is 0 Å². The van der Waals surface area contributed by atoms with Gasteiger partial charge in [0.1, 0.15) is 11.3 Å². The Bertz CT molecular complexity index is 307. The van der Waals surface area contributed by atoms with Gasteiger partial charge in [-0.1, -0.05) is 11.6 Å². The Labute approximate surface area is 88.2 Å². The number of nitrogens with zero attached hydrogens (tertiary/aromatic N) is 2. The molecule has 1 atom stereocenters. The highest BCUT2D eigenvalue weighted by molar-refractivity contribution is 6.29. The minimum absolute atomic E-state index is 0.163. The van der Waals surface area contributed by atoms with Gasteiger partial charge in [-0.25, -0.2) is 9.97 Å². The summed E-state index contributed by atoms with van der Waals surface area (Å²) in [4.78, 5) is 8.31. The van der Waals surface area contributed by atoms with Crippen LogP contribution in [0, 0.1) is 0 Å². The van der Waals surface area contributed by atoms with Crippen molar-refractivity contribution in [2.45, 2.75) is 19.6 Å². The van der Waals surface area contributed by atoms with E-state index in [1.807, 2.05) is 6.92 Å². The first kappa shape index (κ1) is 11.4. The second-order valence-electron chi connectivity index (χ2n) is 2.85. The van der Waals surface area contributed by atoms with Crippen LogP contribution >= 0.6 is 11.6 Å². The van der Waals surface area contributed by atoms with Gasteiger partial charge in [-0.3, -0.25) is 0 Å². The molecule has 78 valence electrons. The van der Waals surface area contributed by atoms with Crippen molar-refractivity contribution in [3.63, 3.8) is 0 Å². The van der Waals surface area contributed by atoms with Gasteiger partial charge in [0.05, 0.1) is 12.3 Å². The number of hydrogen-bond acceptors (Lipinski definition) is 4. The molecule has 1 aromatic rings.